The molecule has 140 valence electrons. The second kappa shape index (κ2) is 8.99. The summed E-state index contributed by atoms with van der Waals surface area (Å²) in [5.41, 5.74) is 0.285. The van der Waals surface area contributed by atoms with Gasteiger partial charge in [0, 0.05) is 11.5 Å². The molecule has 2 aromatic rings. The molecule has 0 atom stereocenters. The maximum Gasteiger partial charge on any atom is 0.266 e. The average molecular weight is 374 g/mol. The van der Waals surface area contributed by atoms with Gasteiger partial charge >= 0.3 is 0 Å². The molecule has 0 spiro atoms. The fourth-order valence-electron chi connectivity index (χ4n) is 2.21. The number of aromatic amines is 1. The van der Waals surface area contributed by atoms with Crippen molar-refractivity contribution in [3.8, 4) is 5.75 Å². The Balaban J connectivity index is 2.16. The fourth-order valence-corrected chi connectivity index (χ4v) is 3.10. The van der Waals surface area contributed by atoms with Crippen LogP contribution >= 0.6 is 11.3 Å². The van der Waals surface area contributed by atoms with Gasteiger partial charge in [-0.1, -0.05) is 52.7 Å². The minimum Gasteiger partial charge on any atom is -0.494 e. The van der Waals surface area contributed by atoms with Crippen molar-refractivity contribution >= 4 is 29.3 Å². The molecule has 1 N–H and O–H groups in total. The normalized spacial score (nSPS) is 13.2. The van der Waals surface area contributed by atoms with E-state index < -0.39 is 5.41 Å². The van der Waals surface area contributed by atoms with E-state index in [-0.39, 0.29) is 11.3 Å². The van der Waals surface area contributed by atoms with Gasteiger partial charge in [0.25, 0.3) is 5.56 Å². The zero-order valence-electron chi connectivity index (χ0n) is 15.9. The maximum absolute atomic E-state index is 12.1. The lowest BCUT2D eigenvalue weighted by molar-refractivity contribution is -0.119. The molecule has 0 saturated carbocycles. The minimum atomic E-state index is -0.461. The van der Waals surface area contributed by atoms with E-state index in [0.717, 1.165) is 24.3 Å². The van der Waals surface area contributed by atoms with Gasteiger partial charge in [0.1, 0.15) is 5.75 Å². The summed E-state index contributed by atoms with van der Waals surface area (Å²) < 4.78 is 6.85. The summed E-state index contributed by atoms with van der Waals surface area (Å²) in [5.74, 6) is 0.828. The number of Topliss-reactive ketones (excluding diaryl/α,β-unsaturated/α-hetero) is 1. The van der Waals surface area contributed by atoms with Crippen LogP contribution in [0, 0.1) is 5.41 Å². The molecule has 0 unspecified atom stereocenters. The molecule has 1 aromatic carbocycles. The van der Waals surface area contributed by atoms with Crippen LogP contribution in [0.3, 0.4) is 0 Å². The van der Waals surface area contributed by atoms with Crippen molar-refractivity contribution in [2.45, 2.75) is 47.0 Å². The molecule has 0 aliphatic carbocycles. The van der Waals surface area contributed by atoms with Crippen molar-refractivity contribution in [2.75, 3.05) is 6.61 Å². The zero-order chi connectivity index (χ0) is 19.2. The van der Waals surface area contributed by atoms with Gasteiger partial charge in [0.2, 0.25) is 0 Å². The molecular formula is C21H27NO3S. The molecule has 1 heterocycles. The highest BCUT2D eigenvalue weighted by molar-refractivity contribution is 7.07. The number of benzene rings is 1. The summed E-state index contributed by atoms with van der Waals surface area (Å²) in [6.07, 6.45) is 6.74. The molecule has 4 nitrogen and oxygen atoms in total. The van der Waals surface area contributed by atoms with E-state index in [4.69, 9.17) is 4.74 Å². The Labute approximate surface area is 158 Å². The molecule has 0 fully saturated rings. The summed E-state index contributed by atoms with van der Waals surface area (Å²) in [4.78, 5) is 26.9. The lowest BCUT2D eigenvalue weighted by Gasteiger charge is -2.12. The zero-order valence-corrected chi connectivity index (χ0v) is 16.7. The van der Waals surface area contributed by atoms with Crippen LogP contribution in [0.5, 0.6) is 5.75 Å². The number of hydrogen-bond acceptors (Lipinski definition) is 4. The summed E-state index contributed by atoms with van der Waals surface area (Å²) in [7, 11) is 0. The van der Waals surface area contributed by atoms with Crippen molar-refractivity contribution in [3.05, 3.63) is 49.4 Å². The first-order valence-electron chi connectivity index (χ1n) is 8.99. The quantitative estimate of drug-likeness (QED) is 0.758. The number of unbranched alkanes of at least 4 members (excludes halogenated alkanes) is 2. The average Bonchev–Trinajstić information content (AvgIpc) is 2.91. The minimum absolute atomic E-state index is 0.00822. The summed E-state index contributed by atoms with van der Waals surface area (Å²) in [5, 5.41) is 0. The van der Waals surface area contributed by atoms with Crippen LogP contribution in [-0.4, -0.2) is 17.4 Å². The van der Waals surface area contributed by atoms with E-state index >= 15 is 0 Å². The molecule has 0 radical (unpaired) electrons. The van der Waals surface area contributed by atoms with Crippen LogP contribution in [-0.2, 0) is 4.79 Å². The first kappa shape index (κ1) is 20.2. The third kappa shape index (κ3) is 5.99. The number of hydrogen-bond donors (Lipinski definition) is 1. The monoisotopic (exact) mass is 373 g/mol. The van der Waals surface area contributed by atoms with Gasteiger partial charge in [-0.25, -0.2) is 0 Å². The number of ether oxygens (including phenoxy) is 1. The predicted molar refractivity (Wildman–Crippen MR) is 108 cm³/mol. The molecular weight excluding hydrogens is 346 g/mol. The van der Waals surface area contributed by atoms with Crippen LogP contribution in [0.25, 0.3) is 12.2 Å². The number of aromatic nitrogens is 1. The summed E-state index contributed by atoms with van der Waals surface area (Å²) in [6.45, 7) is 8.46. The number of H-pyrrole nitrogens is 1. The third-order valence-electron chi connectivity index (χ3n) is 3.88. The Morgan fingerprint density at radius 1 is 1.19 bits per heavy atom. The molecule has 0 aliphatic heterocycles. The van der Waals surface area contributed by atoms with E-state index in [9.17, 15) is 9.59 Å². The van der Waals surface area contributed by atoms with Crippen LogP contribution in [0.1, 0.15) is 52.5 Å². The van der Waals surface area contributed by atoms with E-state index in [1.807, 2.05) is 51.1 Å². The molecule has 0 bridgehead atoms. The second-order valence-electron chi connectivity index (χ2n) is 7.31. The van der Waals surface area contributed by atoms with E-state index in [0.29, 0.717) is 9.20 Å². The van der Waals surface area contributed by atoms with Crippen molar-refractivity contribution in [1.29, 1.82) is 0 Å². The lowest BCUT2D eigenvalue weighted by atomic mass is 9.91. The number of rotatable bonds is 7. The van der Waals surface area contributed by atoms with Crippen LogP contribution in [0.4, 0.5) is 0 Å². The third-order valence-corrected chi connectivity index (χ3v) is 4.84. The van der Waals surface area contributed by atoms with Gasteiger partial charge < -0.3 is 9.72 Å². The molecule has 26 heavy (non-hydrogen) atoms. The van der Waals surface area contributed by atoms with Crippen molar-refractivity contribution in [1.82, 2.24) is 4.98 Å². The van der Waals surface area contributed by atoms with Gasteiger partial charge in [0.15, 0.2) is 5.78 Å². The molecule has 2 rings (SSSR count). The summed E-state index contributed by atoms with van der Waals surface area (Å²) >= 11 is 1.29. The smallest absolute Gasteiger partial charge is 0.266 e. The van der Waals surface area contributed by atoms with Crippen molar-refractivity contribution < 1.29 is 9.53 Å². The maximum atomic E-state index is 12.1. The number of ketones is 1. The van der Waals surface area contributed by atoms with E-state index in [1.54, 1.807) is 0 Å². The number of thiazole rings is 1. The first-order chi connectivity index (χ1) is 12.3. The Kier molecular flexibility index (Phi) is 6.98. The number of carbonyl (C=O) groups is 1. The topological polar surface area (TPSA) is 59.2 Å². The van der Waals surface area contributed by atoms with Crippen LogP contribution in [0.2, 0.25) is 0 Å². The Hall–Kier alpha value is -2.14. The van der Waals surface area contributed by atoms with Gasteiger partial charge in [-0.2, -0.15) is 0 Å². The van der Waals surface area contributed by atoms with Gasteiger partial charge in [0.05, 0.1) is 15.8 Å². The van der Waals surface area contributed by atoms with Crippen LogP contribution in [0.15, 0.2) is 29.1 Å². The first-order valence-corrected chi connectivity index (χ1v) is 9.81. The highest BCUT2D eigenvalue weighted by atomic mass is 32.1. The summed E-state index contributed by atoms with van der Waals surface area (Å²) in [6, 6.07) is 7.68. The number of carbonyl (C=O) groups excluding carboxylic acids is 1. The van der Waals surface area contributed by atoms with Crippen molar-refractivity contribution in [2.24, 2.45) is 5.41 Å². The Bertz CT molecular complexity index is 898. The molecule has 5 heteroatoms. The van der Waals surface area contributed by atoms with Crippen molar-refractivity contribution in [3.63, 3.8) is 0 Å². The standard InChI is InChI=1S/C21H27NO3S/c1-5-6-7-12-25-16-10-8-15(9-11-16)13-17-20(24)22-19(26-17)14-18(23)21(2,3)4/h8-11,13-14H,5-7,12H2,1-4H3,(H,22,24)/b17-13+,19-14+. The molecule has 0 aliphatic rings. The molecule has 1 aromatic heterocycles. The Morgan fingerprint density at radius 2 is 1.88 bits per heavy atom. The fraction of sp³-hybridized carbons (Fsp3) is 0.429. The SMILES string of the molecule is CCCCCOc1ccc(/C=c2/s/c(=C/C(=O)C(C)(C)C)[nH]c2=O)cc1. The molecule has 0 saturated heterocycles. The van der Waals surface area contributed by atoms with Gasteiger partial charge in [-0.05, 0) is 30.2 Å². The predicted octanol–water partition coefficient (Wildman–Crippen LogP) is 3.23. The number of nitrogens with one attached hydrogen (secondary N) is 1. The highest BCUT2D eigenvalue weighted by Gasteiger charge is 2.18. The lowest BCUT2D eigenvalue weighted by Crippen LogP contribution is -2.22. The van der Waals surface area contributed by atoms with E-state index in [2.05, 4.69) is 11.9 Å². The van der Waals surface area contributed by atoms with Gasteiger partial charge in [-0.15, -0.1) is 11.3 Å². The largest absolute Gasteiger partial charge is 0.494 e. The van der Waals surface area contributed by atoms with Crippen LogP contribution < -0.4 is 19.5 Å². The molecule has 0 amide bonds. The van der Waals surface area contributed by atoms with E-state index in [1.165, 1.54) is 30.3 Å². The van der Waals surface area contributed by atoms with Gasteiger partial charge in [-0.3, -0.25) is 9.59 Å². The Morgan fingerprint density at radius 3 is 2.50 bits per heavy atom. The highest BCUT2D eigenvalue weighted by Crippen LogP contribution is 2.15. The second-order valence-corrected chi connectivity index (χ2v) is 8.40.